The molecule has 0 aliphatic carbocycles. The van der Waals surface area contributed by atoms with Crippen LogP contribution in [0.15, 0.2) is 138 Å². The first-order chi connectivity index (χ1) is 21.8. The fraction of sp³-hybridized carbons (Fsp3) is 0. The number of furan rings is 1. The second-order valence-electron chi connectivity index (χ2n) is 10.7. The Hall–Kier alpha value is -5.72. The van der Waals surface area contributed by atoms with Gasteiger partial charge in [-0.2, -0.15) is 0 Å². The summed E-state index contributed by atoms with van der Waals surface area (Å²) >= 11 is 1.64. The summed E-state index contributed by atoms with van der Waals surface area (Å²) in [5.41, 5.74) is 6.21. The van der Waals surface area contributed by atoms with Crippen molar-refractivity contribution in [2.75, 3.05) is 0 Å². The van der Waals surface area contributed by atoms with Crippen molar-refractivity contribution >= 4 is 54.3 Å². The van der Waals surface area contributed by atoms with Crippen LogP contribution in [0.3, 0.4) is 0 Å². The molecule has 9 rings (SSSR count). The van der Waals surface area contributed by atoms with Gasteiger partial charge in [0.15, 0.2) is 17.5 Å². The zero-order chi connectivity index (χ0) is 29.0. The predicted octanol–water partition coefficient (Wildman–Crippen LogP) is 10.2. The van der Waals surface area contributed by atoms with E-state index in [1.54, 1.807) is 11.3 Å². The predicted molar refractivity (Wildman–Crippen MR) is 180 cm³/mol. The number of hydrogen-bond donors (Lipinski definition) is 0. The molecular formula is C38H22N4OS. The Morgan fingerprint density at radius 2 is 1.14 bits per heavy atom. The van der Waals surface area contributed by atoms with Crippen LogP contribution in [0.5, 0.6) is 0 Å². The Morgan fingerprint density at radius 1 is 0.477 bits per heavy atom. The molecule has 0 unspecified atom stereocenters. The highest BCUT2D eigenvalue weighted by atomic mass is 32.1. The van der Waals surface area contributed by atoms with Crippen LogP contribution < -0.4 is 0 Å². The van der Waals surface area contributed by atoms with Crippen LogP contribution in [0.2, 0.25) is 0 Å². The Labute approximate surface area is 256 Å². The third kappa shape index (κ3) is 4.07. The van der Waals surface area contributed by atoms with Gasteiger partial charge in [-0.15, -0.1) is 11.3 Å². The average Bonchev–Trinajstić information content (AvgIpc) is 3.69. The summed E-state index contributed by atoms with van der Waals surface area (Å²) in [5, 5.41) is 5.19. The summed E-state index contributed by atoms with van der Waals surface area (Å²) in [7, 11) is 0. The maximum Gasteiger partial charge on any atom is 0.167 e. The van der Waals surface area contributed by atoms with Gasteiger partial charge in [-0.1, -0.05) is 115 Å². The first-order valence-electron chi connectivity index (χ1n) is 14.4. The fourth-order valence-electron chi connectivity index (χ4n) is 5.85. The lowest BCUT2D eigenvalue weighted by molar-refractivity contribution is 0.669. The van der Waals surface area contributed by atoms with Crippen LogP contribution in [0.4, 0.5) is 0 Å². The quantitative estimate of drug-likeness (QED) is 0.207. The summed E-state index contributed by atoms with van der Waals surface area (Å²) < 4.78 is 7.44. The van der Waals surface area contributed by atoms with Crippen molar-refractivity contribution in [2.24, 2.45) is 0 Å². The number of thiazole rings is 1. The molecule has 6 heteroatoms. The summed E-state index contributed by atoms with van der Waals surface area (Å²) in [4.78, 5) is 20.5. The van der Waals surface area contributed by atoms with E-state index in [0.717, 1.165) is 64.8 Å². The molecule has 0 atom stereocenters. The minimum Gasteiger partial charge on any atom is -0.456 e. The SMILES string of the molecule is c1ccc(-c2nc(-c3ccc4ccccc4c3)nc(-c3c4nc(-c5ccccc5)sc4cc4oc5ccccc5c34)n2)cc1. The Morgan fingerprint density at radius 3 is 1.95 bits per heavy atom. The zero-order valence-electron chi connectivity index (χ0n) is 23.3. The van der Waals surface area contributed by atoms with Gasteiger partial charge in [0.2, 0.25) is 0 Å². The molecule has 3 aromatic heterocycles. The molecule has 0 amide bonds. The van der Waals surface area contributed by atoms with E-state index in [-0.39, 0.29) is 0 Å². The molecule has 6 aromatic carbocycles. The molecule has 44 heavy (non-hydrogen) atoms. The number of benzene rings is 6. The number of hydrogen-bond acceptors (Lipinski definition) is 6. The van der Waals surface area contributed by atoms with Crippen molar-refractivity contribution < 1.29 is 4.42 Å². The lowest BCUT2D eigenvalue weighted by atomic mass is 10.0. The molecule has 0 saturated carbocycles. The molecule has 9 aromatic rings. The minimum atomic E-state index is 0.564. The van der Waals surface area contributed by atoms with Gasteiger partial charge >= 0.3 is 0 Å². The summed E-state index contributed by atoms with van der Waals surface area (Å²) in [5.74, 6) is 1.78. The highest BCUT2D eigenvalue weighted by molar-refractivity contribution is 7.21. The van der Waals surface area contributed by atoms with E-state index < -0.39 is 0 Å². The van der Waals surface area contributed by atoms with Crippen LogP contribution in [-0.4, -0.2) is 19.9 Å². The normalized spacial score (nSPS) is 11.6. The van der Waals surface area contributed by atoms with Gasteiger partial charge in [-0.05, 0) is 22.9 Å². The first kappa shape index (κ1) is 24.8. The van der Waals surface area contributed by atoms with Gasteiger partial charge in [0.05, 0.1) is 15.8 Å². The highest BCUT2D eigenvalue weighted by Crippen LogP contribution is 2.44. The Kier molecular flexibility index (Phi) is 5.61. The second kappa shape index (κ2) is 9.93. The molecule has 5 nitrogen and oxygen atoms in total. The van der Waals surface area contributed by atoms with Crippen LogP contribution >= 0.6 is 11.3 Å². The number of para-hydroxylation sites is 1. The van der Waals surface area contributed by atoms with Crippen molar-refractivity contribution in [2.45, 2.75) is 0 Å². The van der Waals surface area contributed by atoms with Crippen molar-refractivity contribution in [3.05, 3.63) is 133 Å². The topological polar surface area (TPSA) is 64.7 Å². The lowest BCUT2D eigenvalue weighted by Crippen LogP contribution is -2.01. The molecule has 0 radical (unpaired) electrons. The summed E-state index contributed by atoms with van der Waals surface area (Å²) in [6, 6.07) is 45.2. The monoisotopic (exact) mass is 582 g/mol. The van der Waals surface area contributed by atoms with Crippen LogP contribution in [0, 0.1) is 0 Å². The smallest absolute Gasteiger partial charge is 0.167 e. The van der Waals surface area contributed by atoms with E-state index in [1.165, 1.54) is 5.39 Å². The van der Waals surface area contributed by atoms with Gasteiger partial charge in [0.1, 0.15) is 16.2 Å². The zero-order valence-corrected chi connectivity index (χ0v) is 24.1. The second-order valence-corrected chi connectivity index (χ2v) is 11.7. The lowest BCUT2D eigenvalue weighted by Gasteiger charge is -2.10. The van der Waals surface area contributed by atoms with E-state index in [4.69, 9.17) is 24.4 Å². The summed E-state index contributed by atoms with van der Waals surface area (Å²) in [6.07, 6.45) is 0. The van der Waals surface area contributed by atoms with Crippen LogP contribution in [0.1, 0.15) is 0 Å². The van der Waals surface area contributed by atoms with Crippen molar-refractivity contribution in [3.63, 3.8) is 0 Å². The van der Waals surface area contributed by atoms with Crippen molar-refractivity contribution in [3.8, 4) is 44.7 Å². The number of fused-ring (bicyclic) bond motifs is 5. The van der Waals surface area contributed by atoms with Gasteiger partial charge in [0.25, 0.3) is 0 Å². The Bertz CT molecular complexity index is 2500. The number of nitrogens with zero attached hydrogens (tertiary/aromatic N) is 4. The van der Waals surface area contributed by atoms with E-state index in [9.17, 15) is 0 Å². The molecule has 0 aliphatic rings. The summed E-state index contributed by atoms with van der Waals surface area (Å²) in [6.45, 7) is 0. The van der Waals surface area contributed by atoms with E-state index in [1.807, 2.05) is 72.8 Å². The molecule has 0 bridgehead atoms. The van der Waals surface area contributed by atoms with Gasteiger partial charge in [-0.3, -0.25) is 0 Å². The van der Waals surface area contributed by atoms with Gasteiger partial charge in [-0.25, -0.2) is 19.9 Å². The number of aromatic nitrogens is 4. The highest BCUT2D eigenvalue weighted by Gasteiger charge is 2.23. The number of rotatable bonds is 4. The molecule has 0 fully saturated rings. The van der Waals surface area contributed by atoms with E-state index in [2.05, 4.69) is 60.7 Å². The van der Waals surface area contributed by atoms with Gasteiger partial charge in [0, 0.05) is 33.5 Å². The Balaban J connectivity index is 1.38. The maximum atomic E-state index is 6.42. The maximum absolute atomic E-state index is 6.42. The molecule has 0 aliphatic heterocycles. The fourth-order valence-corrected chi connectivity index (χ4v) is 6.86. The molecule has 206 valence electrons. The van der Waals surface area contributed by atoms with Crippen molar-refractivity contribution in [1.82, 2.24) is 19.9 Å². The van der Waals surface area contributed by atoms with Gasteiger partial charge < -0.3 is 4.42 Å². The average molecular weight is 583 g/mol. The minimum absolute atomic E-state index is 0.564. The standard InChI is InChI=1S/C38H22N4OS/c1-3-12-24(13-4-1)35-40-36(27-20-19-23-11-7-8-16-26(23)21-27)42-37(41-35)33-32-28-17-9-10-18-29(28)43-30(32)22-31-34(33)39-38(44-31)25-14-5-2-6-15-25/h1-22H. The largest absolute Gasteiger partial charge is 0.456 e. The van der Waals surface area contributed by atoms with Crippen LogP contribution in [0.25, 0.3) is 87.7 Å². The van der Waals surface area contributed by atoms with Crippen molar-refractivity contribution in [1.29, 1.82) is 0 Å². The molecule has 0 saturated heterocycles. The molecule has 0 N–H and O–H groups in total. The molecule has 3 heterocycles. The van der Waals surface area contributed by atoms with E-state index in [0.29, 0.717) is 17.5 Å². The third-order valence-electron chi connectivity index (χ3n) is 7.94. The molecular weight excluding hydrogens is 561 g/mol. The third-order valence-corrected chi connectivity index (χ3v) is 9.00. The first-order valence-corrected chi connectivity index (χ1v) is 15.2. The van der Waals surface area contributed by atoms with E-state index >= 15 is 0 Å². The van der Waals surface area contributed by atoms with Crippen LogP contribution in [-0.2, 0) is 0 Å². The molecule has 0 spiro atoms.